The lowest BCUT2D eigenvalue weighted by atomic mass is 9.84. The Morgan fingerprint density at radius 3 is 2.34 bits per heavy atom. The van der Waals surface area contributed by atoms with Crippen LogP contribution in [-0.4, -0.2) is 42.3 Å². The molecule has 2 aromatic carbocycles. The first-order valence-electron chi connectivity index (χ1n) is 10.8. The minimum atomic E-state index is -0.632. The first kappa shape index (κ1) is 20.6. The molecule has 0 bridgehead atoms. The zero-order valence-electron chi connectivity index (χ0n) is 18.7. The minimum Gasteiger partial charge on any atom is -0.382 e. The molecule has 35 heavy (non-hydrogen) atoms. The summed E-state index contributed by atoms with van der Waals surface area (Å²) in [5, 5.41) is 16.0. The number of anilines is 2. The van der Waals surface area contributed by atoms with Gasteiger partial charge in [0.2, 0.25) is 0 Å². The summed E-state index contributed by atoms with van der Waals surface area (Å²) < 4.78 is 1.35. The second-order valence-electron chi connectivity index (χ2n) is 8.37. The topological polar surface area (TPSA) is 145 Å². The summed E-state index contributed by atoms with van der Waals surface area (Å²) >= 11 is 0. The number of nitrogens with zero attached hydrogens (tertiary/aromatic N) is 5. The predicted molar refractivity (Wildman–Crippen MR) is 128 cm³/mol. The lowest BCUT2D eigenvalue weighted by molar-refractivity contribution is 0.0979. The van der Waals surface area contributed by atoms with Crippen molar-refractivity contribution in [3.8, 4) is 0 Å². The van der Waals surface area contributed by atoms with E-state index in [1.54, 1.807) is 30.3 Å². The molecule has 0 aliphatic heterocycles. The Morgan fingerprint density at radius 1 is 0.914 bits per heavy atom. The summed E-state index contributed by atoms with van der Waals surface area (Å²) in [7, 11) is 0. The molecule has 5 aromatic rings. The Kier molecular flexibility index (Phi) is 4.27. The van der Waals surface area contributed by atoms with Crippen LogP contribution in [0.4, 0.5) is 11.5 Å². The number of aromatic nitrogens is 5. The molecule has 1 amide bonds. The van der Waals surface area contributed by atoms with Crippen LogP contribution in [0.2, 0.25) is 0 Å². The van der Waals surface area contributed by atoms with Crippen molar-refractivity contribution in [2.45, 2.75) is 13.8 Å². The number of hydrogen-bond donors (Lipinski definition) is 2. The van der Waals surface area contributed by atoms with Crippen molar-refractivity contribution in [1.82, 2.24) is 24.8 Å². The SMILES string of the molecule is Cc1cc(C)c2c(n1)nn1c(N)c(C(=O)Nc3ccc4c(c3)C(=O)c3ccccc3C4=O)nnc21. The second-order valence-corrected chi connectivity index (χ2v) is 8.37. The van der Waals surface area contributed by atoms with Crippen LogP contribution in [0.5, 0.6) is 0 Å². The number of rotatable bonds is 2. The first-order valence-corrected chi connectivity index (χ1v) is 10.8. The molecular formula is C25H17N7O3. The van der Waals surface area contributed by atoms with Gasteiger partial charge in [0.25, 0.3) is 5.91 Å². The van der Waals surface area contributed by atoms with Crippen LogP contribution in [0.15, 0.2) is 48.5 Å². The van der Waals surface area contributed by atoms with Gasteiger partial charge in [-0.05, 0) is 43.7 Å². The Hall–Kier alpha value is -4.99. The third-order valence-electron chi connectivity index (χ3n) is 6.06. The van der Waals surface area contributed by atoms with Gasteiger partial charge in [0, 0.05) is 33.6 Å². The maximum absolute atomic E-state index is 13.0. The molecule has 0 saturated carbocycles. The molecule has 170 valence electrons. The summed E-state index contributed by atoms with van der Waals surface area (Å²) in [6.45, 7) is 3.78. The molecule has 0 fully saturated rings. The highest BCUT2D eigenvalue weighted by Crippen LogP contribution is 2.29. The zero-order chi connectivity index (χ0) is 24.4. The summed E-state index contributed by atoms with van der Waals surface area (Å²) in [6.07, 6.45) is 0. The standard InChI is InChI=1S/C25H17N7O3/c1-11-9-12(2)27-23-18(11)24-30-29-19(22(26)32(24)31-23)25(35)28-13-7-8-16-17(10-13)21(34)15-6-4-3-5-14(15)20(16)33/h3-10H,26H2,1-2H3,(H,28,35). The number of aryl methyl sites for hydroxylation is 2. The number of amides is 1. The fraction of sp³-hybridized carbons (Fsp3) is 0.0800. The predicted octanol–water partition coefficient (Wildman–Crippen LogP) is 2.90. The molecule has 0 unspecified atom stereocenters. The van der Waals surface area contributed by atoms with Crippen molar-refractivity contribution in [2.75, 3.05) is 11.1 Å². The van der Waals surface area contributed by atoms with Crippen LogP contribution in [0.1, 0.15) is 53.6 Å². The molecule has 0 atom stereocenters. The zero-order valence-corrected chi connectivity index (χ0v) is 18.7. The number of nitrogens with two attached hydrogens (primary N) is 1. The molecule has 6 rings (SSSR count). The Morgan fingerprint density at radius 2 is 1.60 bits per heavy atom. The van der Waals surface area contributed by atoms with E-state index in [1.165, 1.54) is 16.6 Å². The quantitative estimate of drug-likeness (QED) is 0.399. The van der Waals surface area contributed by atoms with Gasteiger partial charge in [-0.25, -0.2) is 4.98 Å². The molecule has 0 spiro atoms. The number of carbonyl (C=O) groups excluding carboxylic acids is 3. The number of ketones is 2. The first-order chi connectivity index (χ1) is 16.8. The number of benzene rings is 2. The molecule has 10 nitrogen and oxygen atoms in total. The average Bonchev–Trinajstić information content (AvgIpc) is 3.22. The van der Waals surface area contributed by atoms with E-state index in [4.69, 9.17) is 5.73 Å². The van der Waals surface area contributed by atoms with Gasteiger partial charge in [-0.1, -0.05) is 24.3 Å². The van der Waals surface area contributed by atoms with Gasteiger partial charge >= 0.3 is 0 Å². The molecule has 0 radical (unpaired) electrons. The molecule has 1 aliphatic rings. The van der Waals surface area contributed by atoms with E-state index in [9.17, 15) is 14.4 Å². The number of carbonyl (C=O) groups is 3. The highest BCUT2D eigenvalue weighted by Gasteiger charge is 2.30. The number of hydrogen-bond acceptors (Lipinski definition) is 8. The summed E-state index contributed by atoms with van der Waals surface area (Å²) in [6, 6.07) is 13.1. The molecule has 3 aromatic heterocycles. The third-order valence-corrected chi connectivity index (χ3v) is 6.06. The lowest BCUT2D eigenvalue weighted by Crippen LogP contribution is -2.22. The van der Waals surface area contributed by atoms with Crippen LogP contribution in [-0.2, 0) is 0 Å². The highest BCUT2D eigenvalue weighted by molar-refractivity contribution is 6.28. The number of nitrogen functional groups attached to an aromatic ring is 1. The molecule has 0 saturated heterocycles. The van der Waals surface area contributed by atoms with Crippen molar-refractivity contribution in [3.63, 3.8) is 0 Å². The van der Waals surface area contributed by atoms with E-state index in [-0.39, 0.29) is 34.2 Å². The normalized spacial score (nSPS) is 12.6. The second kappa shape index (κ2) is 7.26. The third kappa shape index (κ3) is 3.00. The summed E-state index contributed by atoms with van der Waals surface area (Å²) in [4.78, 5) is 43.2. The highest BCUT2D eigenvalue weighted by atomic mass is 16.2. The van der Waals surface area contributed by atoms with Crippen molar-refractivity contribution in [2.24, 2.45) is 0 Å². The Bertz CT molecular complexity index is 1770. The monoisotopic (exact) mass is 463 g/mol. The number of nitrogens with one attached hydrogen (secondary N) is 1. The fourth-order valence-corrected chi connectivity index (χ4v) is 4.45. The number of pyridine rings is 1. The van der Waals surface area contributed by atoms with Crippen molar-refractivity contribution in [3.05, 3.63) is 87.7 Å². The number of fused-ring (bicyclic) bond motifs is 5. The van der Waals surface area contributed by atoms with Gasteiger partial charge in [-0.15, -0.1) is 15.3 Å². The van der Waals surface area contributed by atoms with E-state index < -0.39 is 5.91 Å². The van der Waals surface area contributed by atoms with E-state index in [0.29, 0.717) is 33.5 Å². The van der Waals surface area contributed by atoms with Crippen LogP contribution in [0.3, 0.4) is 0 Å². The van der Waals surface area contributed by atoms with Gasteiger partial charge in [-0.2, -0.15) is 4.52 Å². The maximum Gasteiger partial charge on any atom is 0.280 e. The van der Waals surface area contributed by atoms with Gasteiger partial charge in [-0.3, -0.25) is 14.4 Å². The summed E-state index contributed by atoms with van der Waals surface area (Å²) in [5.74, 6) is -1.15. The van der Waals surface area contributed by atoms with E-state index in [0.717, 1.165) is 11.3 Å². The van der Waals surface area contributed by atoms with Gasteiger partial charge in [0.15, 0.2) is 34.4 Å². The largest absolute Gasteiger partial charge is 0.382 e. The lowest BCUT2D eigenvalue weighted by Gasteiger charge is -2.18. The van der Waals surface area contributed by atoms with Crippen LogP contribution in [0, 0.1) is 13.8 Å². The van der Waals surface area contributed by atoms with Crippen LogP contribution in [0.25, 0.3) is 16.7 Å². The van der Waals surface area contributed by atoms with Crippen LogP contribution >= 0.6 is 0 Å². The van der Waals surface area contributed by atoms with E-state index in [2.05, 4.69) is 25.6 Å². The molecule has 1 aliphatic carbocycles. The Labute approximate surface area is 197 Å². The fourth-order valence-electron chi connectivity index (χ4n) is 4.45. The van der Waals surface area contributed by atoms with Crippen molar-refractivity contribution in [1.29, 1.82) is 0 Å². The van der Waals surface area contributed by atoms with Gasteiger partial charge in [0.1, 0.15) is 0 Å². The molecular weight excluding hydrogens is 446 g/mol. The average molecular weight is 463 g/mol. The van der Waals surface area contributed by atoms with E-state index in [1.807, 2.05) is 19.9 Å². The maximum atomic E-state index is 13.0. The van der Waals surface area contributed by atoms with Gasteiger partial charge in [0.05, 0.1) is 5.39 Å². The van der Waals surface area contributed by atoms with Crippen molar-refractivity contribution >= 4 is 45.7 Å². The van der Waals surface area contributed by atoms with Gasteiger partial charge < -0.3 is 11.1 Å². The van der Waals surface area contributed by atoms with Crippen molar-refractivity contribution < 1.29 is 14.4 Å². The molecule has 3 heterocycles. The summed E-state index contributed by atoms with van der Waals surface area (Å²) in [5.41, 5.74) is 10.2. The smallest absolute Gasteiger partial charge is 0.280 e. The Balaban J connectivity index is 1.37. The van der Waals surface area contributed by atoms with Crippen LogP contribution < -0.4 is 11.1 Å². The molecule has 3 N–H and O–H groups in total. The molecule has 10 heteroatoms. The minimum absolute atomic E-state index is 0.000643. The van der Waals surface area contributed by atoms with E-state index >= 15 is 0 Å².